The summed E-state index contributed by atoms with van der Waals surface area (Å²) in [6.45, 7) is 8.48. The zero-order valence-electron chi connectivity index (χ0n) is 14.0. The normalized spacial score (nSPS) is 18.1. The summed E-state index contributed by atoms with van der Waals surface area (Å²) in [6, 6.07) is 7.10. The molecular formula is C17H28N4O2. The number of nitrogens with one attached hydrogen (secondary N) is 1. The van der Waals surface area contributed by atoms with E-state index in [1.807, 2.05) is 12.1 Å². The van der Waals surface area contributed by atoms with Crippen LogP contribution in [0.1, 0.15) is 13.8 Å². The molecule has 4 N–H and O–H groups in total. The fourth-order valence-electron chi connectivity index (χ4n) is 3.13. The third kappa shape index (κ3) is 4.92. The fraction of sp³-hybridized carbons (Fsp3) is 0.588. The van der Waals surface area contributed by atoms with Gasteiger partial charge in [-0.15, -0.1) is 0 Å². The lowest BCUT2D eigenvalue weighted by atomic mass is 10.0. The van der Waals surface area contributed by atoms with Crippen LogP contribution < -0.4 is 11.1 Å². The Bertz CT molecular complexity index is 513. The van der Waals surface area contributed by atoms with E-state index in [2.05, 4.69) is 29.0 Å². The molecule has 1 aromatic rings. The molecule has 6 heteroatoms. The van der Waals surface area contributed by atoms with Crippen LogP contribution in [0, 0.1) is 5.92 Å². The number of aliphatic hydroxyl groups excluding tert-OH is 1. The van der Waals surface area contributed by atoms with Crippen molar-refractivity contribution < 1.29 is 9.90 Å². The second kappa shape index (κ2) is 8.29. The SMILES string of the molecule is CC(C)C(C(=O)Nc1cccc(N)c1)N1CCN(CCO)CC1. The summed E-state index contributed by atoms with van der Waals surface area (Å²) >= 11 is 0. The van der Waals surface area contributed by atoms with E-state index in [0.717, 1.165) is 31.9 Å². The number of β-amino-alcohol motifs (C(OH)–C–C–N with tert-alkyl or cyclic N) is 1. The molecule has 2 rings (SSSR count). The van der Waals surface area contributed by atoms with Crippen LogP contribution >= 0.6 is 0 Å². The van der Waals surface area contributed by atoms with Gasteiger partial charge in [-0.1, -0.05) is 19.9 Å². The molecule has 0 bridgehead atoms. The maximum atomic E-state index is 12.7. The zero-order chi connectivity index (χ0) is 16.8. The number of carbonyl (C=O) groups is 1. The lowest BCUT2D eigenvalue weighted by Gasteiger charge is -2.39. The Morgan fingerprint density at radius 3 is 2.57 bits per heavy atom. The van der Waals surface area contributed by atoms with Crippen LogP contribution in [0.4, 0.5) is 11.4 Å². The van der Waals surface area contributed by atoms with Gasteiger partial charge in [-0.05, 0) is 24.1 Å². The number of nitrogens with zero attached hydrogens (tertiary/aromatic N) is 2. The first-order valence-electron chi connectivity index (χ1n) is 8.25. The van der Waals surface area contributed by atoms with Crippen molar-refractivity contribution in [2.75, 3.05) is 50.4 Å². The van der Waals surface area contributed by atoms with Gasteiger partial charge in [-0.25, -0.2) is 0 Å². The summed E-state index contributed by atoms with van der Waals surface area (Å²) in [6.07, 6.45) is 0. The molecule has 1 aliphatic heterocycles. The lowest BCUT2D eigenvalue weighted by Crippen LogP contribution is -2.55. The van der Waals surface area contributed by atoms with Crippen molar-refractivity contribution in [3.8, 4) is 0 Å². The molecular weight excluding hydrogens is 292 g/mol. The molecule has 1 atom stereocenters. The summed E-state index contributed by atoms with van der Waals surface area (Å²) < 4.78 is 0. The first kappa shape index (κ1) is 17.7. The first-order chi connectivity index (χ1) is 11.0. The molecule has 0 aromatic heterocycles. The minimum absolute atomic E-state index is 0.0150. The topological polar surface area (TPSA) is 81.8 Å². The van der Waals surface area contributed by atoms with Gasteiger partial charge in [-0.3, -0.25) is 14.6 Å². The Hall–Kier alpha value is -1.63. The molecule has 0 radical (unpaired) electrons. The second-order valence-electron chi connectivity index (χ2n) is 6.40. The highest BCUT2D eigenvalue weighted by Crippen LogP contribution is 2.18. The van der Waals surface area contributed by atoms with Gasteiger partial charge in [0.15, 0.2) is 0 Å². The van der Waals surface area contributed by atoms with Crippen LogP contribution in [0.3, 0.4) is 0 Å². The van der Waals surface area contributed by atoms with E-state index < -0.39 is 0 Å². The summed E-state index contributed by atoms with van der Waals surface area (Å²) in [5, 5.41) is 12.0. The Morgan fingerprint density at radius 2 is 2.00 bits per heavy atom. The van der Waals surface area contributed by atoms with Crippen molar-refractivity contribution in [2.24, 2.45) is 5.92 Å². The minimum Gasteiger partial charge on any atom is -0.399 e. The summed E-state index contributed by atoms with van der Waals surface area (Å²) in [7, 11) is 0. The maximum Gasteiger partial charge on any atom is 0.241 e. The number of benzene rings is 1. The smallest absolute Gasteiger partial charge is 0.241 e. The quantitative estimate of drug-likeness (QED) is 0.677. The second-order valence-corrected chi connectivity index (χ2v) is 6.40. The third-order valence-electron chi connectivity index (χ3n) is 4.27. The first-order valence-corrected chi connectivity index (χ1v) is 8.25. The number of aliphatic hydroxyl groups is 1. The number of hydrogen-bond donors (Lipinski definition) is 3. The van der Waals surface area contributed by atoms with Crippen molar-refractivity contribution in [1.82, 2.24) is 9.80 Å². The van der Waals surface area contributed by atoms with Crippen LogP contribution in [-0.4, -0.2) is 66.2 Å². The molecule has 0 spiro atoms. The number of amides is 1. The van der Waals surface area contributed by atoms with Crippen LogP contribution in [0.2, 0.25) is 0 Å². The molecule has 6 nitrogen and oxygen atoms in total. The average Bonchev–Trinajstić information content (AvgIpc) is 2.49. The molecule has 0 aliphatic carbocycles. The van der Waals surface area contributed by atoms with Gasteiger partial charge in [0.25, 0.3) is 0 Å². The molecule has 23 heavy (non-hydrogen) atoms. The Labute approximate surface area is 138 Å². The van der Waals surface area contributed by atoms with Gasteiger partial charge in [-0.2, -0.15) is 0 Å². The molecule has 1 fully saturated rings. The predicted molar refractivity (Wildman–Crippen MR) is 93.2 cm³/mol. The Balaban J connectivity index is 1.99. The molecule has 1 saturated heterocycles. The monoisotopic (exact) mass is 320 g/mol. The van der Waals surface area contributed by atoms with Crippen molar-refractivity contribution in [3.05, 3.63) is 24.3 Å². The zero-order valence-corrected chi connectivity index (χ0v) is 14.0. The van der Waals surface area contributed by atoms with E-state index >= 15 is 0 Å². The van der Waals surface area contributed by atoms with Gasteiger partial charge in [0, 0.05) is 44.1 Å². The molecule has 1 unspecified atom stereocenters. The van der Waals surface area contributed by atoms with Gasteiger partial charge < -0.3 is 16.2 Å². The van der Waals surface area contributed by atoms with E-state index in [0.29, 0.717) is 12.2 Å². The standard InChI is InChI=1S/C17H28N4O2/c1-13(2)16(21-8-6-20(7-9-21)10-11-22)17(23)19-15-5-3-4-14(18)12-15/h3-5,12-13,16,22H,6-11,18H2,1-2H3,(H,19,23). The van der Waals surface area contributed by atoms with Gasteiger partial charge in [0.1, 0.15) is 0 Å². The summed E-state index contributed by atoms with van der Waals surface area (Å²) in [5.41, 5.74) is 7.15. The van der Waals surface area contributed by atoms with Crippen molar-refractivity contribution >= 4 is 17.3 Å². The molecule has 1 aromatic carbocycles. The highest BCUT2D eigenvalue weighted by molar-refractivity contribution is 5.95. The minimum atomic E-state index is -0.160. The van der Waals surface area contributed by atoms with E-state index in [1.54, 1.807) is 12.1 Å². The van der Waals surface area contributed by atoms with Crippen LogP contribution in [-0.2, 0) is 4.79 Å². The third-order valence-corrected chi connectivity index (χ3v) is 4.27. The van der Waals surface area contributed by atoms with Crippen LogP contribution in [0.15, 0.2) is 24.3 Å². The number of hydrogen-bond acceptors (Lipinski definition) is 5. The number of anilines is 2. The van der Waals surface area contributed by atoms with Crippen LogP contribution in [0.25, 0.3) is 0 Å². The van der Waals surface area contributed by atoms with E-state index in [1.165, 1.54) is 0 Å². The molecule has 1 aliphatic rings. The molecule has 1 heterocycles. The predicted octanol–water partition coefficient (Wildman–Crippen LogP) is 0.842. The van der Waals surface area contributed by atoms with Crippen molar-refractivity contribution in [1.29, 1.82) is 0 Å². The molecule has 0 saturated carbocycles. The van der Waals surface area contributed by atoms with Crippen molar-refractivity contribution in [3.63, 3.8) is 0 Å². The average molecular weight is 320 g/mol. The molecule has 128 valence electrons. The van der Waals surface area contributed by atoms with E-state index in [-0.39, 0.29) is 24.5 Å². The van der Waals surface area contributed by atoms with Gasteiger partial charge in [0.2, 0.25) is 5.91 Å². The Kier molecular flexibility index (Phi) is 6.38. The fourth-order valence-corrected chi connectivity index (χ4v) is 3.13. The number of nitrogen functional groups attached to an aromatic ring is 1. The number of carbonyl (C=O) groups excluding carboxylic acids is 1. The highest BCUT2D eigenvalue weighted by atomic mass is 16.3. The van der Waals surface area contributed by atoms with Crippen molar-refractivity contribution in [2.45, 2.75) is 19.9 Å². The summed E-state index contributed by atoms with van der Waals surface area (Å²) in [5.74, 6) is 0.238. The lowest BCUT2D eigenvalue weighted by molar-refractivity contribution is -0.123. The number of nitrogens with two attached hydrogens (primary N) is 1. The Morgan fingerprint density at radius 1 is 1.30 bits per heavy atom. The number of rotatable bonds is 6. The molecule has 1 amide bonds. The maximum absolute atomic E-state index is 12.7. The van der Waals surface area contributed by atoms with E-state index in [9.17, 15) is 4.79 Å². The summed E-state index contributed by atoms with van der Waals surface area (Å²) in [4.78, 5) is 17.2. The number of piperazine rings is 1. The highest BCUT2D eigenvalue weighted by Gasteiger charge is 2.31. The van der Waals surface area contributed by atoms with Gasteiger partial charge in [0.05, 0.1) is 12.6 Å². The van der Waals surface area contributed by atoms with Gasteiger partial charge >= 0.3 is 0 Å². The largest absolute Gasteiger partial charge is 0.399 e. The van der Waals surface area contributed by atoms with Crippen LogP contribution in [0.5, 0.6) is 0 Å². The van der Waals surface area contributed by atoms with E-state index in [4.69, 9.17) is 10.8 Å².